The highest BCUT2D eigenvalue weighted by Crippen LogP contribution is 2.40. The zero-order valence-corrected chi connectivity index (χ0v) is 21.8. The van der Waals surface area contributed by atoms with Gasteiger partial charge in [0.25, 0.3) is 0 Å². The Balaban J connectivity index is 1.76. The second kappa shape index (κ2) is 13.1. The van der Waals surface area contributed by atoms with E-state index in [1.165, 1.54) is 0 Å². The van der Waals surface area contributed by atoms with Gasteiger partial charge < -0.3 is 28.4 Å². The molecule has 0 aliphatic rings. The molecule has 0 heterocycles. The van der Waals surface area contributed by atoms with E-state index in [9.17, 15) is 0 Å². The van der Waals surface area contributed by atoms with Crippen LogP contribution in [-0.2, 0) is 0 Å². The van der Waals surface area contributed by atoms with Crippen molar-refractivity contribution < 1.29 is 28.4 Å². The summed E-state index contributed by atoms with van der Waals surface area (Å²) >= 11 is 0. The molecule has 0 saturated carbocycles. The van der Waals surface area contributed by atoms with Crippen LogP contribution < -0.4 is 28.4 Å². The first-order valence-corrected chi connectivity index (χ1v) is 11.7. The van der Waals surface area contributed by atoms with Crippen molar-refractivity contribution in [2.45, 2.75) is 13.3 Å². The van der Waals surface area contributed by atoms with Gasteiger partial charge in [-0.05, 0) is 52.9 Å². The fourth-order valence-electron chi connectivity index (χ4n) is 3.64. The quantitative estimate of drug-likeness (QED) is 0.259. The molecule has 36 heavy (non-hydrogen) atoms. The van der Waals surface area contributed by atoms with E-state index in [0.717, 1.165) is 28.7 Å². The van der Waals surface area contributed by atoms with Crippen LogP contribution in [0.5, 0.6) is 34.5 Å². The van der Waals surface area contributed by atoms with Crippen LogP contribution in [-0.4, -0.2) is 42.2 Å². The topological polar surface area (TPSA) is 55.4 Å². The van der Waals surface area contributed by atoms with Gasteiger partial charge in [0, 0.05) is 0 Å². The van der Waals surface area contributed by atoms with Crippen LogP contribution >= 0.6 is 0 Å². The Hall–Kier alpha value is -4.06. The summed E-state index contributed by atoms with van der Waals surface area (Å²) in [6.07, 6.45) is 9.03. The predicted octanol–water partition coefficient (Wildman–Crippen LogP) is 6.86. The number of hydrogen-bond acceptors (Lipinski definition) is 6. The molecule has 6 nitrogen and oxygen atoms in total. The predicted molar refractivity (Wildman–Crippen MR) is 146 cm³/mol. The van der Waals surface area contributed by atoms with Crippen molar-refractivity contribution in [3.05, 3.63) is 70.8 Å². The van der Waals surface area contributed by atoms with E-state index < -0.39 is 0 Å². The number of benzene rings is 3. The maximum Gasteiger partial charge on any atom is 0.203 e. The first-order chi connectivity index (χ1) is 17.6. The van der Waals surface area contributed by atoms with Crippen molar-refractivity contribution in [2.75, 3.05) is 42.2 Å². The number of rotatable bonds is 12. The van der Waals surface area contributed by atoms with Crippen LogP contribution in [0.2, 0.25) is 0 Å². The van der Waals surface area contributed by atoms with E-state index in [-0.39, 0.29) is 0 Å². The van der Waals surface area contributed by atoms with E-state index in [1.54, 1.807) is 35.5 Å². The van der Waals surface area contributed by atoms with Crippen LogP contribution in [0, 0.1) is 0 Å². The lowest BCUT2D eigenvalue weighted by Gasteiger charge is -2.15. The third-order valence-electron chi connectivity index (χ3n) is 5.49. The lowest BCUT2D eigenvalue weighted by molar-refractivity contribution is 0.275. The van der Waals surface area contributed by atoms with Crippen molar-refractivity contribution in [2.24, 2.45) is 0 Å². The summed E-state index contributed by atoms with van der Waals surface area (Å²) in [5.74, 6) is 3.74. The van der Waals surface area contributed by atoms with Crippen molar-refractivity contribution >= 4 is 24.3 Å². The average Bonchev–Trinajstić information content (AvgIpc) is 2.93. The standard InChI is InChI=1S/C30H34O6/c1-7-16-36-30-27(33-4)19-24(20-28(30)34-5)15-13-22-10-8-21(9-11-22)12-14-23-17-25(31-2)29(35-6)26(18-23)32-3/h8-15,17-20H,7,16H2,1-6H3/b14-12+,15-13+. The Bertz CT molecular complexity index is 1140. The molecule has 0 bridgehead atoms. The van der Waals surface area contributed by atoms with Gasteiger partial charge in [-0.15, -0.1) is 0 Å². The van der Waals surface area contributed by atoms with Crippen LogP contribution in [0.1, 0.15) is 35.6 Å². The molecule has 0 aliphatic carbocycles. The molecular formula is C30H34O6. The molecule has 190 valence electrons. The third-order valence-corrected chi connectivity index (χ3v) is 5.49. The molecule has 0 amide bonds. The molecule has 0 aromatic heterocycles. The van der Waals surface area contributed by atoms with Gasteiger partial charge in [-0.2, -0.15) is 0 Å². The summed E-state index contributed by atoms with van der Waals surface area (Å²) in [6, 6.07) is 16.0. The van der Waals surface area contributed by atoms with Gasteiger partial charge in [0.2, 0.25) is 11.5 Å². The highest BCUT2D eigenvalue weighted by atomic mass is 16.5. The lowest BCUT2D eigenvalue weighted by Crippen LogP contribution is -2.00. The fraction of sp³-hybridized carbons (Fsp3) is 0.267. The van der Waals surface area contributed by atoms with Gasteiger partial charge in [-0.3, -0.25) is 0 Å². The van der Waals surface area contributed by atoms with Gasteiger partial charge >= 0.3 is 0 Å². The number of ether oxygens (including phenoxy) is 6. The Labute approximate surface area is 213 Å². The Morgan fingerprint density at radius 1 is 0.500 bits per heavy atom. The molecule has 0 aliphatic heterocycles. The van der Waals surface area contributed by atoms with E-state index in [2.05, 4.69) is 31.2 Å². The smallest absolute Gasteiger partial charge is 0.203 e. The number of methoxy groups -OCH3 is 5. The first-order valence-electron chi connectivity index (χ1n) is 11.7. The largest absolute Gasteiger partial charge is 0.493 e. The second-order valence-corrected chi connectivity index (χ2v) is 7.90. The average molecular weight is 491 g/mol. The SMILES string of the molecule is CCCOc1c(OC)cc(/C=C/c2ccc(/C=C/c3cc(OC)c(OC)c(OC)c3)cc2)cc1OC. The minimum absolute atomic E-state index is 0.576. The highest BCUT2D eigenvalue weighted by molar-refractivity contribution is 5.75. The summed E-state index contributed by atoms with van der Waals surface area (Å²) in [6.45, 7) is 2.66. The molecule has 6 heteroatoms. The van der Waals surface area contributed by atoms with E-state index in [1.807, 2.05) is 48.6 Å². The summed E-state index contributed by atoms with van der Waals surface area (Å²) in [4.78, 5) is 0. The Morgan fingerprint density at radius 2 is 0.861 bits per heavy atom. The molecule has 0 unspecified atom stereocenters. The van der Waals surface area contributed by atoms with E-state index in [0.29, 0.717) is 41.1 Å². The molecule has 0 atom stereocenters. The molecule has 0 spiro atoms. The molecule has 0 radical (unpaired) electrons. The molecule has 0 fully saturated rings. The zero-order valence-electron chi connectivity index (χ0n) is 21.8. The minimum atomic E-state index is 0.576. The summed E-state index contributed by atoms with van der Waals surface area (Å²) < 4.78 is 33.1. The van der Waals surface area contributed by atoms with Crippen LogP contribution in [0.4, 0.5) is 0 Å². The van der Waals surface area contributed by atoms with Crippen LogP contribution in [0.15, 0.2) is 48.5 Å². The molecule has 3 aromatic carbocycles. The Kier molecular flexibility index (Phi) is 9.69. The van der Waals surface area contributed by atoms with Crippen molar-refractivity contribution in [1.82, 2.24) is 0 Å². The van der Waals surface area contributed by atoms with E-state index in [4.69, 9.17) is 28.4 Å². The van der Waals surface area contributed by atoms with Crippen LogP contribution in [0.25, 0.3) is 24.3 Å². The maximum absolute atomic E-state index is 5.82. The van der Waals surface area contributed by atoms with Gasteiger partial charge in [0.05, 0.1) is 42.2 Å². The Morgan fingerprint density at radius 3 is 1.19 bits per heavy atom. The third kappa shape index (κ3) is 6.54. The molecule has 0 saturated heterocycles. The van der Waals surface area contributed by atoms with Gasteiger partial charge in [-0.1, -0.05) is 55.5 Å². The fourth-order valence-corrected chi connectivity index (χ4v) is 3.64. The molecule has 3 rings (SSSR count). The second-order valence-electron chi connectivity index (χ2n) is 7.90. The van der Waals surface area contributed by atoms with Crippen LogP contribution in [0.3, 0.4) is 0 Å². The summed E-state index contributed by atoms with van der Waals surface area (Å²) in [5.41, 5.74) is 4.05. The molecular weight excluding hydrogens is 456 g/mol. The molecule has 3 aromatic rings. The van der Waals surface area contributed by atoms with Gasteiger partial charge in [-0.25, -0.2) is 0 Å². The lowest BCUT2D eigenvalue weighted by atomic mass is 10.1. The zero-order chi connectivity index (χ0) is 25.9. The monoisotopic (exact) mass is 490 g/mol. The summed E-state index contributed by atoms with van der Waals surface area (Å²) in [5, 5.41) is 0. The van der Waals surface area contributed by atoms with Crippen molar-refractivity contribution in [3.63, 3.8) is 0 Å². The van der Waals surface area contributed by atoms with Crippen molar-refractivity contribution in [3.8, 4) is 34.5 Å². The minimum Gasteiger partial charge on any atom is -0.493 e. The molecule has 0 N–H and O–H groups in total. The van der Waals surface area contributed by atoms with Gasteiger partial charge in [0.15, 0.2) is 23.0 Å². The first kappa shape index (κ1) is 26.5. The normalized spacial score (nSPS) is 11.1. The van der Waals surface area contributed by atoms with Crippen molar-refractivity contribution in [1.29, 1.82) is 0 Å². The van der Waals surface area contributed by atoms with E-state index >= 15 is 0 Å². The maximum atomic E-state index is 5.82. The number of hydrogen-bond donors (Lipinski definition) is 0. The van der Waals surface area contributed by atoms with Gasteiger partial charge in [0.1, 0.15) is 0 Å². The highest BCUT2D eigenvalue weighted by Gasteiger charge is 2.13. The summed E-state index contributed by atoms with van der Waals surface area (Å²) in [7, 11) is 8.07.